The SMILES string of the molecule is CCCCC(NC(=O)c1nc(C(C)C)n(-c2cccc(F)c2)n1)C(=O)O. The highest BCUT2D eigenvalue weighted by molar-refractivity contribution is 5.93. The Hall–Kier alpha value is -2.77. The molecule has 0 bridgehead atoms. The van der Waals surface area contributed by atoms with Gasteiger partial charge < -0.3 is 10.4 Å². The van der Waals surface area contributed by atoms with Crippen LogP contribution in [0.25, 0.3) is 5.69 Å². The number of unbranched alkanes of at least 4 members (excludes halogenated alkanes) is 1. The molecule has 140 valence electrons. The van der Waals surface area contributed by atoms with Crippen LogP contribution in [0.1, 0.15) is 62.4 Å². The van der Waals surface area contributed by atoms with E-state index in [4.69, 9.17) is 0 Å². The minimum Gasteiger partial charge on any atom is -0.480 e. The van der Waals surface area contributed by atoms with E-state index in [1.165, 1.54) is 16.8 Å². The molecular weight excluding hydrogens is 339 g/mol. The summed E-state index contributed by atoms with van der Waals surface area (Å²) < 4.78 is 14.9. The number of hydrogen-bond acceptors (Lipinski definition) is 4. The van der Waals surface area contributed by atoms with Gasteiger partial charge in [0, 0.05) is 5.92 Å². The van der Waals surface area contributed by atoms with Crippen LogP contribution in [0.15, 0.2) is 24.3 Å². The molecule has 2 aromatic rings. The van der Waals surface area contributed by atoms with E-state index in [0.717, 1.165) is 6.42 Å². The highest BCUT2D eigenvalue weighted by atomic mass is 19.1. The first-order valence-corrected chi connectivity index (χ1v) is 8.60. The monoisotopic (exact) mass is 362 g/mol. The number of rotatable bonds is 8. The van der Waals surface area contributed by atoms with Crippen LogP contribution in [0.5, 0.6) is 0 Å². The molecule has 1 heterocycles. The van der Waals surface area contributed by atoms with Crippen molar-refractivity contribution in [1.82, 2.24) is 20.1 Å². The van der Waals surface area contributed by atoms with Crippen molar-refractivity contribution in [1.29, 1.82) is 0 Å². The van der Waals surface area contributed by atoms with Crippen molar-refractivity contribution in [3.8, 4) is 5.69 Å². The molecule has 0 saturated heterocycles. The van der Waals surface area contributed by atoms with Crippen LogP contribution in [0.2, 0.25) is 0 Å². The summed E-state index contributed by atoms with van der Waals surface area (Å²) in [5.41, 5.74) is 0.445. The van der Waals surface area contributed by atoms with Crippen LogP contribution in [0.4, 0.5) is 4.39 Å². The third-order valence-corrected chi connectivity index (χ3v) is 3.85. The zero-order valence-corrected chi connectivity index (χ0v) is 15.1. The summed E-state index contributed by atoms with van der Waals surface area (Å²) in [6, 6.07) is 4.82. The third kappa shape index (κ3) is 4.65. The van der Waals surface area contributed by atoms with Crippen LogP contribution in [0, 0.1) is 5.82 Å². The summed E-state index contributed by atoms with van der Waals surface area (Å²) in [5, 5.41) is 15.9. The molecule has 7 nitrogen and oxygen atoms in total. The molecule has 0 aliphatic heterocycles. The molecule has 2 N–H and O–H groups in total. The van der Waals surface area contributed by atoms with Crippen LogP contribution in [-0.2, 0) is 4.79 Å². The Labute approximate surface area is 151 Å². The van der Waals surface area contributed by atoms with Crippen molar-refractivity contribution in [2.45, 2.75) is 52.0 Å². The lowest BCUT2D eigenvalue weighted by Gasteiger charge is -2.12. The van der Waals surface area contributed by atoms with Gasteiger partial charge in [0.2, 0.25) is 5.82 Å². The number of carbonyl (C=O) groups excluding carboxylic acids is 1. The number of halogens is 1. The normalized spacial score (nSPS) is 12.2. The van der Waals surface area contributed by atoms with Gasteiger partial charge in [-0.15, -0.1) is 5.10 Å². The van der Waals surface area contributed by atoms with Crippen LogP contribution >= 0.6 is 0 Å². The van der Waals surface area contributed by atoms with Crippen LogP contribution < -0.4 is 5.32 Å². The molecule has 0 aliphatic rings. The first kappa shape index (κ1) is 19.6. The topological polar surface area (TPSA) is 97.1 Å². The first-order chi connectivity index (χ1) is 12.3. The second kappa shape index (κ2) is 8.55. The Morgan fingerprint density at radius 3 is 2.65 bits per heavy atom. The molecule has 1 unspecified atom stereocenters. The Morgan fingerprint density at radius 2 is 2.08 bits per heavy atom. The molecule has 0 radical (unpaired) electrons. The average Bonchev–Trinajstić information content (AvgIpc) is 3.04. The van der Waals surface area contributed by atoms with Gasteiger partial charge in [0.15, 0.2) is 0 Å². The highest BCUT2D eigenvalue weighted by Crippen LogP contribution is 2.18. The second-order valence-electron chi connectivity index (χ2n) is 6.35. The standard InChI is InChI=1S/C18H23FN4O3/c1-4-5-9-14(18(25)26)20-17(24)15-21-16(11(2)3)23(22-15)13-8-6-7-12(19)10-13/h6-8,10-11,14H,4-5,9H2,1-3H3,(H,20,24)(H,25,26). The van der Waals surface area contributed by atoms with Crippen molar-refractivity contribution in [3.05, 3.63) is 41.7 Å². The number of nitrogens with zero attached hydrogens (tertiary/aromatic N) is 3. The van der Waals surface area contributed by atoms with Crippen molar-refractivity contribution < 1.29 is 19.1 Å². The molecule has 1 amide bonds. The van der Waals surface area contributed by atoms with Gasteiger partial charge in [-0.1, -0.05) is 39.7 Å². The average molecular weight is 362 g/mol. The minimum absolute atomic E-state index is 0.0670. The van der Waals surface area contributed by atoms with Gasteiger partial charge >= 0.3 is 5.97 Å². The number of aliphatic carboxylic acids is 1. The fraction of sp³-hybridized carbons (Fsp3) is 0.444. The number of carboxylic acid groups (broad SMARTS) is 1. The minimum atomic E-state index is -1.10. The molecule has 26 heavy (non-hydrogen) atoms. The van der Waals surface area contributed by atoms with Crippen molar-refractivity contribution >= 4 is 11.9 Å². The van der Waals surface area contributed by atoms with Gasteiger partial charge in [0.25, 0.3) is 5.91 Å². The van der Waals surface area contributed by atoms with Gasteiger partial charge in [-0.25, -0.2) is 18.9 Å². The van der Waals surface area contributed by atoms with E-state index in [0.29, 0.717) is 24.4 Å². The van der Waals surface area contributed by atoms with E-state index in [1.807, 2.05) is 20.8 Å². The first-order valence-electron chi connectivity index (χ1n) is 8.60. The molecule has 0 aliphatic carbocycles. The van der Waals surface area contributed by atoms with E-state index >= 15 is 0 Å². The number of hydrogen-bond donors (Lipinski definition) is 2. The quantitative estimate of drug-likeness (QED) is 0.752. The molecule has 1 atom stereocenters. The predicted octanol–water partition coefficient (Wildman–Crippen LogP) is 2.90. The molecule has 1 aromatic heterocycles. The fourth-order valence-electron chi connectivity index (χ4n) is 2.48. The molecular formula is C18H23FN4O3. The Kier molecular flexibility index (Phi) is 6.43. The number of carbonyl (C=O) groups is 2. The summed E-state index contributed by atoms with van der Waals surface area (Å²) in [7, 11) is 0. The molecule has 0 fully saturated rings. The number of nitrogens with one attached hydrogen (secondary N) is 1. The zero-order valence-electron chi connectivity index (χ0n) is 15.1. The van der Waals surface area contributed by atoms with Gasteiger partial charge in [0.1, 0.15) is 17.7 Å². The van der Waals surface area contributed by atoms with Gasteiger partial charge in [0.05, 0.1) is 5.69 Å². The van der Waals surface area contributed by atoms with Gasteiger partial charge in [-0.3, -0.25) is 4.79 Å². The second-order valence-corrected chi connectivity index (χ2v) is 6.35. The number of carboxylic acids is 1. The highest BCUT2D eigenvalue weighted by Gasteiger charge is 2.24. The molecule has 1 aromatic carbocycles. The van der Waals surface area contributed by atoms with E-state index in [2.05, 4.69) is 15.4 Å². The number of amides is 1. The summed E-state index contributed by atoms with van der Waals surface area (Å²) in [5.74, 6) is -1.90. The third-order valence-electron chi connectivity index (χ3n) is 3.85. The number of aromatic nitrogens is 3. The lowest BCUT2D eigenvalue weighted by atomic mass is 10.1. The lowest BCUT2D eigenvalue weighted by Crippen LogP contribution is -2.41. The summed E-state index contributed by atoms with van der Waals surface area (Å²) in [6.07, 6.45) is 1.84. The van der Waals surface area contributed by atoms with E-state index in [9.17, 15) is 19.1 Å². The largest absolute Gasteiger partial charge is 0.480 e. The maximum absolute atomic E-state index is 13.5. The Balaban J connectivity index is 2.31. The Morgan fingerprint density at radius 1 is 1.35 bits per heavy atom. The number of benzene rings is 1. The molecule has 2 rings (SSSR count). The maximum atomic E-state index is 13.5. The summed E-state index contributed by atoms with van der Waals surface area (Å²) in [6.45, 7) is 5.70. The van der Waals surface area contributed by atoms with Crippen LogP contribution in [0.3, 0.4) is 0 Å². The van der Waals surface area contributed by atoms with E-state index in [1.54, 1.807) is 12.1 Å². The van der Waals surface area contributed by atoms with Gasteiger partial charge in [-0.2, -0.15) is 0 Å². The van der Waals surface area contributed by atoms with E-state index < -0.39 is 23.7 Å². The molecule has 8 heteroatoms. The molecule has 0 spiro atoms. The predicted molar refractivity (Wildman–Crippen MR) is 93.8 cm³/mol. The Bertz CT molecular complexity index is 788. The van der Waals surface area contributed by atoms with Crippen molar-refractivity contribution in [2.75, 3.05) is 0 Å². The molecule has 0 saturated carbocycles. The zero-order chi connectivity index (χ0) is 19.3. The van der Waals surface area contributed by atoms with Crippen molar-refractivity contribution in [2.24, 2.45) is 0 Å². The van der Waals surface area contributed by atoms with Crippen molar-refractivity contribution in [3.63, 3.8) is 0 Å². The van der Waals surface area contributed by atoms with E-state index in [-0.39, 0.29) is 11.7 Å². The van der Waals surface area contributed by atoms with Gasteiger partial charge in [-0.05, 0) is 24.6 Å². The summed E-state index contributed by atoms with van der Waals surface area (Å²) in [4.78, 5) is 28.0. The summed E-state index contributed by atoms with van der Waals surface area (Å²) >= 11 is 0. The van der Waals surface area contributed by atoms with Crippen LogP contribution in [-0.4, -0.2) is 37.8 Å². The fourth-order valence-corrected chi connectivity index (χ4v) is 2.48. The smallest absolute Gasteiger partial charge is 0.326 e. The maximum Gasteiger partial charge on any atom is 0.326 e. The lowest BCUT2D eigenvalue weighted by molar-refractivity contribution is -0.139.